The Morgan fingerprint density at radius 3 is 2.64 bits per heavy atom. The van der Waals surface area contributed by atoms with E-state index in [1.54, 1.807) is 0 Å². The molecule has 0 radical (unpaired) electrons. The topological polar surface area (TPSA) is 46.4 Å². The lowest BCUT2D eigenvalue weighted by Crippen LogP contribution is -2.39. The molecule has 1 aliphatic carbocycles. The number of imidazole rings is 1. The lowest BCUT2D eigenvalue weighted by molar-refractivity contribution is 0.0916. The molecule has 0 unspecified atom stereocenters. The van der Waals surface area contributed by atoms with Gasteiger partial charge in [-0.1, -0.05) is 30.3 Å². The average molecular weight is 291 g/mol. The van der Waals surface area contributed by atoms with Crippen LogP contribution in [-0.2, 0) is 0 Å². The van der Waals surface area contributed by atoms with Gasteiger partial charge in [0.2, 0.25) is 0 Å². The minimum atomic E-state index is 0.00145. The van der Waals surface area contributed by atoms with E-state index in [4.69, 9.17) is 0 Å². The largest absolute Gasteiger partial charge is 0.349 e. The van der Waals surface area contributed by atoms with E-state index in [1.807, 2.05) is 59.3 Å². The second kappa shape index (κ2) is 5.30. The zero-order valence-electron chi connectivity index (χ0n) is 12.2. The number of aromatic nitrogens is 2. The third-order valence-electron chi connectivity index (χ3n) is 4.22. The summed E-state index contributed by atoms with van der Waals surface area (Å²) < 4.78 is 1.91. The third-order valence-corrected chi connectivity index (χ3v) is 4.22. The SMILES string of the molecule is O=C(NC1CCC1)c1ccc2nc(-c3ccccc3)cn2c1. The second-order valence-electron chi connectivity index (χ2n) is 5.78. The lowest BCUT2D eigenvalue weighted by Gasteiger charge is -2.26. The summed E-state index contributed by atoms with van der Waals surface area (Å²) in [6.45, 7) is 0. The van der Waals surface area contributed by atoms with Crippen LogP contribution >= 0.6 is 0 Å². The first-order valence-corrected chi connectivity index (χ1v) is 7.65. The number of nitrogens with one attached hydrogen (secondary N) is 1. The predicted octanol–water partition coefficient (Wildman–Crippen LogP) is 3.28. The molecule has 0 spiro atoms. The van der Waals surface area contributed by atoms with Gasteiger partial charge >= 0.3 is 0 Å². The summed E-state index contributed by atoms with van der Waals surface area (Å²) in [5.74, 6) is 0.00145. The van der Waals surface area contributed by atoms with Crippen molar-refractivity contribution in [2.75, 3.05) is 0 Å². The summed E-state index contributed by atoms with van der Waals surface area (Å²) in [5, 5.41) is 3.06. The molecule has 1 amide bonds. The highest BCUT2D eigenvalue weighted by Gasteiger charge is 2.20. The van der Waals surface area contributed by atoms with E-state index in [1.165, 1.54) is 6.42 Å². The third kappa shape index (κ3) is 2.37. The molecular weight excluding hydrogens is 274 g/mol. The van der Waals surface area contributed by atoms with Crippen LogP contribution in [0.25, 0.3) is 16.9 Å². The van der Waals surface area contributed by atoms with E-state index < -0.39 is 0 Å². The van der Waals surface area contributed by atoms with E-state index in [9.17, 15) is 4.79 Å². The Hall–Kier alpha value is -2.62. The normalized spacial score (nSPS) is 14.7. The van der Waals surface area contributed by atoms with Crippen LogP contribution < -0.4 is 5.32 Å². The molecule has 0 bridgehead atoms. The summed E-state index contributed by atoms with van der Waals surface area (Å²) >= 11 is 0. The van der Waals surface area contributed by atoms with Gasteiger partial charge in [0.1, 0.15) is 5.65 Å². The summed E-state index contributed by atoms with van der Waals surface area (Å²) in [4.78, 5) is 16.8. The molecule has 0 saturated heterocycles. The Kier molecular flexibility index (Phi) is 3.15. The van der Waals surface area contributed by atoms with Gasteiger partial charge in [-0.3, -0.25) is 4.79 Å². The Labute approximate surface area is 128 Å². The van der Waals surface area contributed by atoms with E-state index in [-0.39, 0.29) is 5.91 Å². The van der Waals surface area contributed by atoms with Crippen LogP contribution in [0.1, 0.15) is 29.6 Å². The van der Waals surface area contributed by atoms with Crippen LogP contribution in [0, 0.1) is 0 Å². The van der Waals surface area contributed by atoms with Crippen LogP contribution in [0.2, 0.25) is 0 Å². The highest BCUT2D eigenvalue weighted by molar-refractivity contribution is 5.94. The minimum absolute atomic E-state index is 0.00145. The molecule has 2 aromatic heterocycles. The highest BCUT2D eigenvalue weighted by Crippen LogP contribution is 2.20. The van der Waals surface area contributed by atoms with E-state index >= 15 is 0 Å². The van der Waals surface area contributed by atoms with E-state index in [0.29, 0.717) is 11.6 Å². The number of carbonyl (C=O) groups excluding carboxylic acids is 1. The Balaban J connectivity index is 1.64. The van der Waals surface area contributed by atoms with Gasteiger partial charge < -0.3 is 9.72 Å². The number of amides is 1. The van der Waals surface area contributed by atoms with Crippen molar-refractivity contribution in [2.24, 2.45) is 0 Å². The van der Waals surface area contributed by atoms with E-state index in [0.717, 1.165) is 29.7 Å². The van der Waals surface area contributed by atoms with Gasteiger partial charge in [-0.15, -0.1) is 0 Å². The number of nitrogens with zero attached hydrogens (tertiary/aromatic N) is 2. The number of pyridine rings is 1. The van der Waals surface area contributed by atoms with Crippen LogP contribution in [0.4, 0.5) is 0 Å². The number of hydrogen-bond acceptors (Lipinski definition) is 2. The fraction of sp³-hybridized carbons (Fsp3) is 0.222. The van der Waals surface area contributed by atoms with Gasteiger partial charge in [-0.2, -0.15) is 0 Å². The molecule has 2 heterocycles. The van der Waals surface area contributed by atoms with Crippen molar-refractivity contribution in [1.82, 2.24) is 14.7 Å². The maximum Gasteiger partial charge on any atom is 0.252 e. The molecule has 22 heavy (non-hydrogen) atoms. The molecular formula is C18H17N3O. The molecule has 1 aliphatic rings. The second-order valence-corrected chi connectivity index (χ2v) is 5.78. The van der Waals surface area contributed by atoms with E-state index in [2.05, 4.69) is 10.3 Å². The maximum atomic E-state index is 12.2. The summed E-state index contributed by atoms with van der Waals surface area (Å²) in [5.41, 5.74) is 3.51. The summed E-state index contributed by atoms with van der Waals surface area (Å²) in [6.07, 6.45) is 7.22. The van der Waals surface area contributed by atoms with Crippen molar-refractivity contribution >= 4 is 11.6 Å². The fourth-order valence-corrected chi connectivity index (χ4v) is 2.70. The Morgan fingerprint density at radius 1 is 1.09 bits per heavy atom. The zero-order chi connectivity index (χ0) is 14.9. The molecule has 3 aromatic rings. The number of fused-ring (bicyclic) bond motifs is 1. The van der Waals surface area contributed by atoms with Crippen molar-refractivity contribution < 1.29 is 4.79 Å². The summed E-state index contributed by atoms with van der Waals surface area (Å²) in [6, 6.07) is 14.1. The molecule has 1 saturated carbocycles. The molecule has 0 aliphatic heterocycles. The fourth-order valence-electron chi connectivity index (χ4n) is 2.70. The van der Waals surface area contributed by atoms with Crippen molar-refractivity contribution in [3.8, 4) is 11.3 Å². The minimum Gasteiger partial charge on any atom is -0.349 e. The van der Waals surface area contributed by atoms with Crippen molar-refractivity contribution in [3.63, 3.8) is 0 Å². The van der Waals surface area contributed by atoms with Gasteiger partial charge in [0, 0.05) is 24.0 Å². The van der Waals surface area contributed by atoms with Gasteiger partial charge in [-0.25, -0.2) is 4.98 Å². The highest BCUT2D eigenvalue weighted by atomic mass is 16.1. The molecule has 0 atom stereocenters. The van der Waals surface area contributed by atoms with Gasteiger partial charge in [0.25, 0.3) is 5.91 Å². The van der Waals surface area contributed by atoms with Gasteiger partial charge in [0.15, 0.2) is 0 Å². The van der Waals surface area contributed by atoms with Crippen LogP contribution in [0.15, 0.2) is 54.9 Å². The van der Waals surface area contributed by atoms with Crippen LogP contribution in [0.3, 0.4) is 0 Å². The van der Waals surface area contributed by atoms with Crippen molar-refractivity contribution in [3.05, 3.63) is 60.4 Å². The zero-order valence-corrected chi connectivity index (χ0v) is 12.2. The number of rotatable bonds is 3. The van der Waals surface area contributed by atoms with Crippen LogP contribution in [-0.4, -0.2) is 21.3 Å². The maximum absolute atomic E-state index is 12.2. The smallest absolute Gasteiger partial charge is 0.252 e. The standard InChI is InChI=1S/C18H17N3O/c22-18(19-15-7-4-8-15)14-9-10-17-20-16(12-21(17)11-14)13-5-2-1-3-6-13/h1-3,5-6,9-12,15H,4,7-8H2,(H,19,22). The first-order valence-electron chi connectivity index (χ1n) is 7.65. The van der Waals surface area contributed by atoms with Crippen molar-refractivity contribution in [1.29, 1.82) is 0 Å². The molecule has 4 rings (SSSR count). The quantitative estimate of drug-likeness (QED) is 0.805. The summed E-state index contributed by atoms with van der Waals surface area (Å²) in [7, 11) is 0. The average Bonchev–Trinajstić information content (AvgIpc) is 2.94. The molecule has 1 aromatic carbocycles. The lowest BCUT2D eigenvalue weighted by atomic mass is 9.93. The molecule has 1 fully saturated rings. The van der Waals surface area contributed by atoms with Gasteiger partial charge in [0.05, 0.1) is 11.3 Å². The molecule has 4 nitrogen and oxygen atoms in total. The Bertz CT molecular complexity index is 819. The molecule has 1 N–H and O–H groups in total. The molecule has 4 heteroatoms. The monoisotopic (exact) mass is 291 g/mol. The number of benzene rings is 1. The first-order chi connectivity index (χ1) is 10.8. The number of hydrogen-bond donors (Lipinski definition) is 1. The van der Waals surface area contributed by atoms with Gasteiger partial charge in [-0.05, 0) is 31.4 Å². The first kappa shape index (κ1) is 13.1. The molecule has 110 valence electrons. The Morgan fingerprint density at radius 2 is 1.91 bits per heavy atom. The predicted molar refractivity (Wildman–Crippen MR) is 85.7 cm³/mol. The van der Waals surface area contributed by atoms with Crippen LogP contribution in [0.5, 0.6) is 0 Å². The van der Waals surface area contributed by atoms with Crippen molar-refractivity contribution in [2.45, 2.75) is 25.3 Å². The number of carbonyl (C=O) groups is 1.